The number of aryl methyl sites for hydroxylation is 1. The molecule has 2 aromatic rings. The molecule has 0 aliphatic carbocycles. The van der Waals surface area contributed by atoms with Gasteiger partial charge in [0.2, 0.25) is 0 Å². The number of cyclic esters (lactones) is 1. The Labute approximate surface area is 104 Å². The summed E-state index contributed by atoms with van der Waals surface area (Å²) < 4.78 is 5.48. The molecular formula is C14H12O2S. The Morgan fingerprint density at radius 3 is 2.82 bits per heavy atom. The van der Waals surface area contributed by atoms with Gasteiger partial charge >= 0.3 is 5.97 Å². The summed E-state index contributed by atoms with van der Waals surface area (Å²) in [5.74, 6) is -0.206. The van der Waals surface area contributed by atoms with Gasteiger partial charge in [-0.3, -0.25) is 0 Å². The molecule has 1 aromatic carbocycles. The fraction of sp³-hybridized carbons (Fsp3) is 0.214. The van der Waals surface area contributed by atoms with Gasteiger partial charge in [-0.2, -0.15) is 0 Å². The fourth-order valence-corrected chi connectivity index (χ4v) is 3.02. The van der Waals surface area contributed by atoms with Crippen molar-refractivity contribution < 1.29 is 9.53 Å². The molecule has 86 valence electrons. The molecule has 17 heavy (non-hydrogen) atoms. The maximum atomic E-state index is 11.9. The standard InChI is InChI=1S/C14H12O2S/c1-9-6-7-13(17-9)12-8-10-4-2-3-5-11(10)14(15)16-12/h2-7,12H,8H2,1H3. The van der Waals surface area contributed by atoms with E-state index < -0.39 is 0 Å². The molecule has 0 saturated heterocycles. The Hall–Kier alpha value is -1.61. The second kappa shape index (κ2) is 4.00. The molecule has 3 heteroatoms. The summed E-state index contributed by atoms with van der Waals surface area (Å²) in [7, 11) is 0. The van der Waals surface area contributed by atoms with Gasteiger partial charge in [0, 0.05) is 16.2 Å². The number of thiophene rings is 1. The highest BCUT2D eigenvalue weighted by atomic mass is 32.1. The first-order valence-electron chi connectivity index (χ1n) is 5.59. The van der Waals surface area contributed by atoms with Gasteiger partial charge in [-0.05, 0) is 30.7 Å². The molecule has 0 fully saturated rings. The van der Waals surface area contributed by atoms with E-state index in [1.54, 1.807) is 11.3 Å². The first kappa shape index (κ1) is 10.5. The lowest BCUT2D eigenvalue weighted by atomic mass is 9.98. The second-order valence-electron chi connectivity index (χ2n) is 4.20. The molecule has 0 spiro atoms. The van der Waals surface area contributed by atoms with Gasteiger partial charge < -0.3 is 4.74 Å². The summed E-state index contributed by atoms with van der Waals surface area (Å²) in [6.45, 7) is 2.06. The fourth-order valence-electron chi connectivity index (χ4n) is 2.12. The Morgan fingerprint density at radius 2 is 2.06 bits per heavy atom. The van der Waals surface area contributed by atoms with Crippen LogP contribution in [0.5, 0.6) is 0 Å². The lowest BCUT2D eigenvalue weighted by Crippen LogP contribution is -2.20. The van der Waals surface area contributed by atoms with Gasteiger partial charge in [-0.1, -0.05) is 18.2 Å². The zero-order valence-corrected chi connectivity index (χ0v) is 10.3. The van der Waals surface area contributed by atoms with Crippen molar-refractivity contribution in [1.29, 1.82) is 0 Å². The maximum Gasteiger partial charge on any atom is 0.339 e. The summed E-state index contributed by atoms with van der Waals surface area (Å²) in [5, 5.41) is 0. The van der Waals surface area contributed by atoms with Crippen LogP contribution in [0.4, 0.5) is 0 Å². The van der Waals surface area contributed by atoms with Crippen molar-refractivity contribution in [3.05, 3.63) is 57.3 Å². The van der Waals surface area contributed by atoms with E-state index in [2.05, 4.69) is 13.0 Å². The highest BCUT2D eigenvalue weighted by Crippen LogP contribution is 2.33. The average molecular weight is 244 g/mol. The largest absolute Gasteiger partial charge is 0.453 e. The zero-order valence-electron chi connectivity index (χ0n) is 9.47. The minimum absolute atomic E-state index is 0.115. The molecule has 1 unspecified atom stereocenters. The van der Waals surface area contributed by atoms with E-state index >= 15 is 0 Å². The molecule has 1 aliphatic heterocycles. The molecule has 3 rings (SSSR count). The van der Waals surface area contributed by atoms with E-state index in [0.717, 1.165) is 16.9 Å². The maximum absolute atomic E-state index is 11.9. The predicted octanol–water partition coefficient (Wildman–Crippen LogP) is 3.51. The monoisotopic (exact) mass is 244 g/mol. The van der Waals surface area contributed by atoms with Crippen LogP contribution in [-0.2, 0) is 11.2 Å². The first-order valence-corrected chi connectivity index (χ1v) is 6.41. The molecule has 2 heterocycles. The van der Waals surface area contributed by atoms with Crippen LogP contribution in [-0.4, -0.2) is 5.97 Å². The quantitative estimate of drug-likeness (QED) is 0.717. The van der Waals surface area contributed by atoms with Gasteiger partial charge in [0.1, 0.15) is 6.10 Å². The Bertz CT molecular complexity index is 571. The highest BCUT2D eigenvalue weighted by molar-refractivity contribution is 7.12. The number of esters is 1. The van der Waals surface area contributed by atoms with Crippen molar-refractivity contribution in [1.82, 2.24) is 0 Å². The lowest BCUT2D eigenvalue weighted by Gasteiger charge is -2.23. The van der Waals surface area contributed by atoms with Crippen molar-refractivity contribution in [3.8, 4) is 0 Å². The summed E-state index contributed by atoms with van der Waals surface area (Å²) in [4.78, 5) is 14.2. The molecule has 1 atom stereocenters. The number of benzene rings is 1. The van der Waals surface area contributed by atoms with Gasteiger partial charge in [0.25, 0.3) is 0 Å². The molecule has 0 N–H and O–H groups in total. The van der Waals surface area contributed by atoms with Crippen LogP contribution in [0.25, 0.3) is 0 Å². The molecule has 0 bridgehead atoms. The van der Waals surface area contributed by atoms with Crippen molar-refractivity contribution in [2.45, 2.75) is 19.4 Å². The third-order valence-corrected chi connectivity index (χ3v) is 4.06. The number of hydrogen-bond donors (Lipinski definition) is 0. The van der Waals surface area contributed by atoms with Gasteiger partial charge in [0.05, 0.1) is 5.56 Å². The third-order valence-electron chi connectivity index (χ3n) is 2.97. The van der Waals surface area contributed by atoms with Crippen molar-refractivity contribution >= 4 is 17.3 Å². The van der Waals surface area contributed by atoms with Crippen molar-refractivity contribution in [2.24, 2.45) is 0 Å². The van der Waals surface area contributed by atoms with Crippen molar-refractivity contribution in [2.75, 3.05) is 0 Å². The Kier molecular flexibility index (Phi) is 2.48. The van der Waals surface area contributed by atoms with Crippen LogP contribution >= 0.6 is 11.3 Å². The van der Waals surface area contributed by atoms with E-state index in [-0.39, 0.29) is 12.1 Å². The van der Waals surface area contributed by atoms with E-state index in [4.69, 9.17) is 4.74 Å². The van der Waals surface area contributed by atoms with Crippen LogP contribution < -0.4 is 0 Å². The predicted molar refractivity (Wildman–Crippen MR) is 67.4 cm³/mol. The number of carbonyl (C=O) groups excluding carboxylic acids is 1. The van der Waals surface area contributed by atoms with E-state index in [1.165, 1.54) is 4.88 Å². The van der Waals surface area contributed by atoms with Crippen LogP contribution in [0.1, 0.15) is 31.8 Å². The van der Waals surface area contributed by atoms with E-state index in [0.29, 0.717) is 5.56 Å². The second-order valence-corrected chi connectivity index (χ2v) is 5.52. The van der Waals surface area contributed by atoms with Crippen LogP contribution in [0.15, 0.2) is 36.4 Å². The summed E-state index contributed by atoms with van der Waals surface area (Å²) in [6.07, 6.45) is 0.665. The van der Waals surface area contributed by atoms with Crippen LogP contribution in [0.2, 0.25) is 0 Å². The van der Waals surface area contributed by atoms with Gasteiger partial charge in [-0.15, -0.1) is 11.3 Å². The molecule has 1 aliphatic rings. The minimum Gasteiger partial charge on any atom is -0.453 e. The normalized spacial score (nSPS) is 18.6. The SMILES string of the molecule is Cc1ccc(C2Cc3ccccc3C(=O)O2)s1. The molecule has 0 amide bonds. The summed E-state index contributed by atoms with van der Waals surface area (Å²) in [6, 6.07) is 11.8. The molecule has 0 saturated carbocycles. The number of ether oxygens (including phenoxy) is 1. The highest BCUT2D eigenvalue weighted by Gasteiger charge is 2.27. The summed E-state index contributed by atoms with van der Waals surface area (Å²) >= 11 is 1.69. The average Bonchev–Trinajstić information content (AvgIpc) is 2.76. The number of fused-ring (bicyclic) bond motifs is 1. The van der Waals surface area contributed by atoms with E-state index in [9.17, 15) is 4.79 Å². The zero-order chi connectivity index (χ0) is 11.8. The lowest BCUT2D eigenvalue weighted by molar-refractivity contribution is 0.0261. The smallest absolute Gasteiger partial charge is 0.339 e. The number of hydrogen-bond acceptors (Lipinski definition) is 3. The first-order chi connectivity index (χ1) is 8.24. The van der Waals surface area contributed by atoms with Crippen LogP contribution in [0.3, 0.4) is 0 Å². The van der Waals surface area contributed by atoms with Gasteiger partial charge in [0.15, 0.2) is 0 Å². The Morgan fingerprint density at radius 1 is 1.24 bits per heavy atom. The van der Waals surface area contributed by atoms with Crippen molar-refractivity contribution in [3.63, 3.8) is 0 Å². The van der Waals surface area contributed by atoms with Crippen LogP contribution in [0, 0.1) is 6.92 Å². The van der Waals surface area contributed by atoms with E-state index in [1.807, 2.05) is 30.3 Å². The molecule has 2 nitrogen and oxygen atoms in total. The third kappa shape index (κ3) is 1.87. The molecule has 1 aromatic heterocycles. The van der Waals surface area contributed by atoms with Gasteiger partial charge in [-0.25, -0.2) is 4.79 Å². The minimum atomic E-state index is -0.206. The number of rotatable bonds is 1. The molecular weight excluding hydrogens is 232 g/mol. The number of carbonyl (C=O) groups is 1. The Balaban J connectivity index is 1.96. The molecule has 0 radical (unpaired) electrons. The topological polar surface area (TPSA) is 26.3 Å². The summed E-state index contributed by atoms with van der Waals surface area (Å²) in [5.41, 5.74) is 1.79.